The molecule has 0 fully saturated rings. The zero-order valence-electron chi connectivity index (χ0n) is 11.2. The van der Waals surface area contributed by atoms with Crippen LogP contribution < -0.4 is 4.90 Å². The van der Waals surface area contributed by atoms with Crippen LogP contribution in [0.3, 0.4) is 0 Å². The summed E-state index contributed by atoms with van der Waals surface area (Å²) in [5.41, 5.74) is 2.93. The van der Waals surface area contributed by atoms with Crippen LogP contribution in [0.1, 0.15) is 11.1 Å². The van der Waals surface area contributed by atoms with Gasteiger partial charge in [-0.05, 0) is 30.7 Å². The number of hydrogen-bond acceptors (Lipinski definition) is 2. The molecule has 0 amide bonds. The number of aryl methyl sites for hydroxylation is 1. The van der Waals surface area contributed by atoms with Gasteiger partial charge in [0.1, 0.15) is 6.54 Å². The predicted molar refractivity (Wildman–Crippen MR) is 81.3 cm³/mol. The van der Waals surface area contributed by atoms with Gasteiger partial charge in [0.2, 0.25) is 0 Å². The first-order valence-corrected chi connectivity index (χ1v) is 6.71. The smallest absolute Gasteiger partial charge is 0.323 e. The molecule has 0 aliphatic heterocycles. The highest BCUT2D eigenvalue weighted by molar-refractivity contribution is 6.31. The van der Waals surface area contributed by atoms with Gasteiger partial charge in [0, 0.05) is 17.3 Å². The monoisotopic (exact) mass is 289 g/mol. The van der Waals surface area contributed by atoms with Crippen molar-refractivity contribution >= 4 is 23.3 Å². The lowest BCUT2D eigenvalue weighted by molar-refractivity contribution is -0.135. The predicted octanol–water partition coefficient (Wildman–Crippen LogP) is 3.74. The quantitative estimate of drug-likeness (QED) is 0.911. The number of nitrogens with zero attached hydrogens (tertiary/aromatic N) is 1. The summed E-state index contributed by atoms with van der Waals surface area (Å²) in [7, 11) is 0. The Labute approximate surface area is 123 Å². The molecule has 1 N–H and O–H groups in total. The van der Waals surface area contributed by atoms with Gasteiger partial charge in [-0.1, -0.05) is 47.5 Å². The lowest BCUT2D eigenvalue weighted by Crippen LogP contribution is -2.29. The van der Waals surface area contributed by atoms with Gasteiger partial charge in [-0.2, -0.15) is 0 Å². The van der Waals surface area contributed by atoms with E-state index in [1.807, 2.05) is 55.5 Å². The Morgan fingerprint density at radius 1 is 1.15 bits per heavy atom. The molecule has 2 rings (SSSR count). The molecule has 0 spiro atoms. The van der Waals surface area contributed by atoms with Crippen LogP contribution in [-0.4, -0.2) is 17.6 Å². The summed E-state index contributed by atoms with van der Waals surface area (Å²) < 4.78 is 0. The molecule has 0 saturated carbocycles. The van der Waals surface area contributed by atoms with E-state index < -0.39 is 5.97 Å². The second-order valence-corrected chi connectivity index (χ2v) is 5.08. The first-order chi connectivity index (χ1) is 9.56. The van der Waals surface area contributed by atoms with E-state index in [1.165, 1.54) is 0 Å². The number of hydrogen-bond donors (Lipinski definition) is 1. The molecule has 0 radical (unpaired) electrons. The Bertz CT molecular complexity index is 596. The van der Waals surface area contributed by atoms with E-state index in [1.54, 1.807) is 4.90 Å². The first kappa shape index (κ1) is 14.4. The summed E-state index contributed by atoms with van der Waals surface area (Å²) in [5.74, 6) is -0.863. The SMILES string of the molecule is Cc1ccc(N(CC(=O)O)Cc2ccccc2Cl)cc1. The lowest BCUT2D eigenvalue weighted by Gasteiger charge is -2.23. The Hall–Kier alpha value is -2.00. The second kappa shape index (κ2) is 6.44. The summed E-state index contributed by atoms with van der Waals surface area (Å²) in [4.78, 5) is 12.8. The molecule has 3 nitrogen and oxygen atoms in total. The Morgan fingerprint density at radius 3 is 2.40 bits per heavy atom. The van der Waals surface area contributed by atoms with Gasteiger partial charge in [0.05, 0.1) is 0 Å². The lowest BCUT2D eigenvalue weighted by atomic mass is 10.1. The van der Waals surface area contributed by atoms with Crippen LogP contribution in [0, 0.1) is 6.92 Å². The molecule has 104 valence electrons. The number of benzene rings is 2. The zero-order valence-corrected chi connectivity index (χ0v) is 12.0. The minimum absolute atomic E-state index is 0.0612. The van der Waals surface area contributed by atoms with Crippen molar-refractivity contribution in [3.05, 3.63) is 64.7 Å². The van der Waals surface area contributed by atoms with E-state index in [0.717, 1.165) is 16.8 Å². The molecule has 4 heteroatoms. The number of carboxylic acids is 1. The van der Waals surface area contributed by atoms with Crippen LogP contribution in [0.25, 0.3) is 0 Å². The van der Waals surface area contributed by atoms with Crippen molar-refractivity contribution in [2.24, 2.45) is 0 Å². The molecule has 0 heterocycles. The molecule has 20 heavy (non-hydrogen) atoms. The maximum atomic E-state index is 11.1. The van der Waals surface area contributed by atoms with Gasteiger partial charge in [-0.3, -0.25) is 4.79 Å². The topological polar surface area (TPSA) is 40.5 Å². The molecule has 0 aliphatic rings. The Balaban J connectivity index is 2.26. The maximum Gasteiger partial charge on any atom is 0.323 e. The highest BCUT2D eigenvalue weighted by atomic mass is 35.5. The van der Waals surface area contributed by atoms with Crippen LogP contribution in [0.15, 0.2) is 48.5 Å². The van der Waals surface area contributed by atoms with Crippen LogP contribution >= 0.6 is 11.6 Å². The molecular formula is C16H16ClNO2. The van der Waals surface area contributed by atoms with Gasteiger partial charge in [0.25, 0.3) is 0 Å². The third-order valence-electron chi connectivity index (χ3n) is 3.04. The highest BCUT2D eigenvalue weighted by Crippen LogP contribution is 2.22. The fraction of sp³-hybridized carbons (Fsp3) is 0.188. The number of anilines is 1. The molecule has 2 aromatic rings. The van der Waals surface area contributed by atoms with E-state index in [4.69, 9.17) is 16.7 Å². The summed E-state index contributed by atoms with van der Waals surface area (Å²) >= 11 is 6.14. The summed E-state index contributed by atoms with van der Waals surface area (Å²) in [6.45, 7) is 2.41. The van der Waals surface area contributed by atoms with Crippen molar-refractivity contribution in [1.29, 1.82) is 0 Å². The van der Waals surface area contributed by atoms with Crippen molar-refractivity contribution < 1.29 is 9.90 Å². The van der Waals surface area contributed by atoms with Crippen LogP contribution in [0.2, 0.25) is 5.02 Å². The molecule has 0 aliphatic carbocycles. The summed E-state index contributed by atoms with van der Waals surface area (Å²) in [5, 5.41) is 9.72. The van der Waals surface area contributed by atoms with Gasteiger partial charge in [0.15, 0.2) is 0 Å². The average molecular weight is 290 g/mol. The van der Waals surface area contributed by atoms with Gasteiger partial charge < -0.3 is 10.0 Å². The third-order valence-corrected chi connectivity index (χ3v) is 3.41. The van der Waals surface area contributed by atoms with Crippen LogP contribution in [0.5, 0.6) is 0 Å². The number of carbonyl (C=O) groups is 1. The van der Waals surface area contributed by atoms with Crippen molar-refractivity contribution in [3.8, 4) is 0 Å². The first-order valence-electron chi connectivity index (χ1n) is 6.33. The highest BCUT2D eigenvalue weighted by Gasteiger charge is 2.12. The standard InChI is InChI=1S/C16H16ClNO2/c1-12-6-8-14(9-7-12)18(11-16(19)20)10-13-4-2-3-5-15(13)17/h2-9H,10-11H2,1H3,(H,19,20). The molecule has 0 atom stereocenters. The van der Waals surface area contributed by atoms with Crippen LogP contribution in [0.4, 0.5) is 5.69 Å². The fourth-order valence-electron chi connectivity index (χ4n) is 1.99. The minimum atomic E-state index is -0.863. The number of halogens is 1. The molecule has 0 unspecified atom stereocenters. The van der Waals surface area contributed by atoms with E-state index in [9.17, 15) is 4.79 Å². The van der Waals surface area contributed by atoms with Crippen molar-refractivity contribution in [2.45, 2.75) is 13.5 Å². The normalized spacial score (nSPS) is 10.3. The van der Waals surface area contributed by atoms with E-state index >= 15 is 0 Å². The van der Waals surface area contributed by atoms with Gasteiger partial charge >= 0.3 is 5.97 Å². The molecule has 0 saturated heterocycles. The number of aliphatic carboxylic acids is 1. The Kier molecular flexibility index (Phi) is 4.64. The van der Waals surface area contributed by atoms with Crippen molar-refractivity contribution in [1.82, 2.24) is 0 Å². The summed E-state index contributed by atoms with van der Waals surface area (Å²) in [6, 6.07) is 15.3. The minimum Gasteiger partial charge on any atom is -0.480 e. The van der Waals surface area contributed by atoms with Crippen molar-refractivity contribution in [2.75, 3.05) is 11.4 Å². The van der Waals surface area contributed by atoms with Gasteiger partial charge in [-0.15, -0.1) is 0 Å². The summed E-state index contributed by atoms with van der Waals surface area (Å²) in [6.07, 6.45) is 0. The van der Waals surface area contributed by atoms with E-state index in [-0.39, 0.29) is 6.54 Å². The molecule has 0 aromatic heterocycles. The fourth-order valence-corrected chi connectivity index (χ4v) is 2.19. The van der Waals surface area contributed by atoms with Gasteiger partial charge in [-0.25, -0.2) is 0 Å². The zero-order chi connectivity index (χ0) is 14.5. The van der Waals surface area contributed by atoms with E-state index in [2.05, 4.69) is 0 Å². The number of rotatable bonds is 5. The molecule has 0 bridgehead atoms. The largest absolute Gasteiger partial charge is 0.480 e. The number of carboxylic acid groups (broad SMARTS) is 1. The molecule has 2 aromatic carbocycles. The van der Waals surface area contributed by atoms with Crippen LogP contribution in [-0.2, 0) is 11.3 Å². The third kappa shape index (κ3) is 3.75. The molecular weight excluding hydrogens is 274 g/mol. The maximum absolute atomic E-state index is 11.1. The second-order valence-electron chi connectivity index (χ2n) is 4.68. The van der Waals surface area contributed by atoms with E-state index in [0.29, 0.717) is 11.6 Å². The average Bonchev–Trinajstić information content (AvgIpc) is 2.41. The Morgan fingerprint density at radius 2 is 1.80 bits per heavy atom. The van der Waals surface area contributed by atoms with Crippen molar-refractivity contribution in [3.63, 3.8) is 0 Å².